The lowest BCUT2D eigenvalue weighted by Crippen LogP contribution is -2.38. The molecule has 3 rings (SSSR count). The van der Waals surface area contributed by atoms with E-state index < -0.39 is 11.9 Å². The lowest BCUT2D eigenvalue weighted by molar-refractivity contribution is -0.140. The maximum Gasteiger partial charge on any atom is 0.355 e. The highest BCUT2D eigenvalue weighted by molar-refractivity contribution is 6.03. The lowest BCUT2D eigenvalue weighted by Gasteiger charge is -2.31. The van der Waals surface area contributed by atoms with Gasteiger partial charge in [-0.05, 0) is 24.3 Å². The van der Waals surface area contributed by atoms with Crippen molar-refractivity contribution in [3.8, 4) is 0 Å². The Labute approximate surface area is 157 Å². The third-order valence-electron chi connectivity index (χ3n) is 4.56. The van der Waals surface area contributed by atoms with Crippen molar-refractivity contribution in [2.75, 3.05) is 32.5 Å². The molecule has 2 heterocycles. The molecule has 0 bridgehead atoms. The molecule has 0 radical (unpaired) electrons. The summed E-state index contributed by atoms with van der Waals surface area (Å²) in [6.45, 7) is 6.54. The summed E-state index contributed by atoms with van der Waals surface area (Å²) < 4.78 is 15.2. The molecule has 1 aromatic heterocycles. The lowest BCUT2D eigenvalue weighted by atomic mass is 9.92. The van der Waals surface area contributed by atoms with Crippen molar-refractivity contribution in [1.82, 2.24) is 4.98 Å². The Morgan fingerprint density at radius 2 is 1.81 bits per heavy atom. The smallest absolute Gasteiger partial charge is 0.355 e. The SMILES string of the molecule is COC(=O)C1=C(C(=O)OC)N(c2ccc3[nH]c(C(C)(C)C)cc3c2)COC1. The highest BCUT2D eigenvalue weighted by Crippen LogP contribution is 2.31. The van der Waals surface area contributed by atoms with Crippen LogP contribution in [0.3, 0.4) is 0 Å². The minimum atomic E-state index is -0.613. The van der Waals surface area contributed by atoms with Gasteiger partial charge in [-0.1, -0.05) is 20.8 Å². The zero-order valence-electron chi connectivity index (χ0n) is 16.2. The van der Waals surface area contributed by atoms with E-state index in [1.165, 1.54) is 14.2 Å². The second-order valence-electron chi connectivity index (χ2n) is 7.42. The molecule has 0 saturated carbocycles. The Bertz CT molecular complexity index is 920. The van der Waals surface area contributed by atoms with Crippen molar-refractivity contribution in [2.45, 2.75) is 26.2 Å². The first-order valence-electron chi connectivity index (χ1n) is 8.64. The van der Waals surface area contributed by atoms with Crippen LogP contribution in [0.5, 0.6) is 0 Å². The number of methoxy groups -OCH3 is 2. The van der Waals surface area contributed by atoms with Gasteiger partial charge in [0.2, 0.25) is 0 Å². The van der Waals surface area contributed by atoms with E-state index in [9.17, 15) is 9.59 Å². The molecular weight excluding hydrogens is 348 g/mol. The number of rotatable bonds is 3. The van der Waals surface area contributed by atoms with Crippen LogP contribution in [-0.2, 0) is 29.2 Å². The molecule has 0 saturated heterocycles. The van der Waals surface area contributed by atoms with E-state index in [-0.39, 0.29) is 30.0 Å². The van der Waals surface area contributed by atoms with Gasteiger partial charge in [-0.15, -0.1) is 0 Å². The molecule has 144 valence electrons. The number of benzene rings is 1. The number of hydrogen-bond acceptors (Lipinski definition) is 6. The minimum absolute atomic E-state index is 0.00578. The van der Waals surface area contributed by atoms with Crippen LogP contribution in [0.1, 0.15) is 26.5 Å². The Morgan fingerprint density at radius 3 is 2.44 bits per heavy atom. The molecule has 1 aromatic carbocycles. The van der Waals surface area contributed by atoms with Gasteiger partial charge >= 0.3 is 11.9 Å². The van der Waals surface area contributed by atoms with Crippen molar-refractivity contribution in [3.05, 3.63) is 41.2 Å². The second-order valence-corrected chi connectivity index (χ2v) is 7.42. The van der Waals surface area contributed by atoms with Gasteiger partial charge in [-0.25, -0.2) is 9.59 Å². The fourth-order valence-electron chi connectivity index (χ4n) is 3.04. The molecule has 27 heavy (non-hydrogen) atoms. The van der Waals surface area contributed by atoms with Gasteiger partial charge in [0.15, 0.2) is 0 Å². The van der Waals surface area contributed by atoms with Crippen LogP contribution in [0, 0.1) is 0 Å². The monoisotopic (exact) mass is 372 g/mol. The summed E-state index contributed by atoms with van der Waals surface area (Å²) in [7, 11) is 2.55. The van der Waals surface area contributed by atoms with Crippen molar-refractivity contribution in [1.29, 1.82) is 0 Å². The van der Waals surface area contributed by atoms with Crippen LogP contribution >= 0.6 is 0 Å². The molecule has 2 aromatic rings. The summed E-state index contributed by atoms with van der Waals surface area (Å²) in [5.74, 6) is -1.22. The maximum absolute atomic E-state index is 12.4. The fourth-order valence-corrected chi connectivity index (χ4v) is 3.04. The number of nitrogens with zero attached hydrogens (tertiary/aromatic N) is 1. The molecule has 1 N–H and O–H groups in total. The number of carbonyl (C=O) groups excluding carboxylic acids is 2. The predicted octanol–water partition coefficient (Wildman–Crippen LogP) is 2.86. The molecule has 0 unspecified atom stereocenters. The Kier molecular flexibility index (Phi) is 4.97. The van der Waals surface area contributed by atoms with Crippen LogP contribution in [0.4, 0.5) is 5.69 Å². The number of carbonyl (C=O) groups is 2. The quantitative estimate of drug-likeness (QED) is 0.835. The standard InChI is InChI=1S/C20H24N2O5/c1-20(2,3)16-9-12-8-13(6-7-15(12)21-16)22-11-27-10-14(18(23)25-4)17(22)19(24)26-5/h6-9,21H,10-11H2,1-5H3. The van der Waals surface area contributed by atoms with Gasteiger partial charge in [-0.3, -0.25) is 0 Å². The van der Waals surface area contributed by atoms with E-state index >= 15 is 0 Å². The highest BCUT2D eigenvalue weighted by Gasteiger charge is 2.32. The van der Waals surface area contributed by atoms with Gasteiger partial charge in [0, 0.05) is 27.7 Å². The van der Waals surface area contributed by atoms with Gasteiger partial charge < -0.3 is 24.1 Å². The van der Waals surface area contributed by atoms with Gasteiger partial charge in [0.25, 0.3) is 0 Å². The van der Waals surface area contributed by atoms with Crippen molar-refractivity contribution in [2.24, 2.45) is 0 Å². The molecule has 0 fully saturated rings. The molecule has 7 nitrogen and oxygen atoms in total. The third-order valence-corrected chi connectivity index (χ3v) is 4.56. The summed E-state index contributed by atoms with van der Waals surface area (Å²) in [5, 5.41) is 1.01. The first-order valence-corrected chi connectivity index (χ1v) is 8.64. The van der Waals surface area contributed by atoms with Gasteiger partial charge in [0.05, 0.1) is 26.4 Å². The Hall–Kier alpha value is -2.80. The molecule has 1 aliphatic heterocycles. The number of H-pyrrole nitrogens is 1. The molecule has 0 aliphatic carbocycles. The molecule has 0 amide bonds. The normalized spacial score (nSPS) is 15.2. The van der Waals surface area contributed by atoms with Crippen molar-refractivity contribution < 1.29 is 23.8 Å². The zero-order valence-corrected chi connectivity index (χ0v) is 16.2. The first-order chi connectivity index (χ1) is 12.8. The first kappa shape index (κ1) is 19.0. The van der Waals surface area contributed by atoms with Gasteiger partial charge in [0.1, 0.15) is 12.4 Å². The van der Waals surface area contributed by atoms with Crippen LogP contribution in [0.25, 0.3) is 10.9 Å². The maximum atomic E-state index is 12.4. The number of aromatic nitrogens is 1. The molecule has 0 spiro atoms. The second kappa shape index (κ2) is 7.08. The van der Waals surface area contributed by atoms with E-state index in [2.05, 4.69) is 31.8 Å². The Morgan fingerprint density at radius 1 is 1.11 bits per heavy atom. The van der Waals surface area contributed by atoms with E-state index in [4.69, 9.17) is 14.2 Å². The van der Waals surface area contributed by atoms with E-state index in [0.717, 1.165) is 22.3 Å². The third kappa shape index (κ3) is 3.55. The van der Waals surface area contributed by atoms with E-state index in [1.54, 1.807) is 4.90 Å². The molecule has 1 aliphatic rings. The number of nitrogens with one attached hydrogen (secondary N) is 1. The van der Waals surface area contributed by atoms with Crippen LogP contribution in [0.2, 0.25) is 0 Å². The van der Waals surface area contributed by atoms with E-state index in [0.29, 0.717) is 0 Å². The van der Waals surface area contributed by atoms with Gasteiger partial charge in [-0.2, -0.15) is 0 Å². The molecule has 0 atom stereocenters. The van der Waals surface area contributed by atoms with Crippen LogP contribution in [0.15, 0.2) is 35.5 Å². The van der Waals surface area contributed by atoms with Crippen molar-refractivity contribution in [3.63, 3.8) is 0 Å². The number of hydrogen-bond donors (Lipinski definition) is 1. The number of aromatic amines is 1. The average Bonchev–Trinajstić information content (AvgIpc) is 3.10. The van der Waals surface area contributed by atoms with E-state index in [1.807, 2.05) is 18.2 Å². The topological polar surface area (TPSA) is 80.9 Å². The zero-order chi connectivity index (χ0) is 19.8. The predicted molar refractivity (Wildman–Crippen MR) is 101 cm³/mol. The van der Waals surface area contributed by atoms with Crippen LogP contribution in [-0.4, -0.2) is 44.5 Å². The summed E-state index contributed by atoms with van der Waals surface area (Å²) in [5.41, 5.74) is 3.11. The summed E-state index contributed by atoms with van der Waals surface area (Å²) in [6, 6.07) is 7.86. The largest absolute Gasteiger partial charge is 0.466 e. The minimum Gasteiger partial charge on any atom is -0.466 e. The van der Waals surface area contributed by atoms with Crippen molar-refractivity contribution >= 4 is 28.5 Å². The Balaban J connectivity index is 2.10. The highest BCUT2D eigenvalue weighted by atomic mass is 16.5. The van der Waals surface area contributed by atoms with Crippen LogP contribution < -0.4 is 4.90 Å². The molecule has 7 heteroatoms. The number of esters is 2. The fraction of sp³-hybridized carbons (Fsp3) is 0.400. The summed E-state index contributed by atoms with van der Waals surface area (Å²) >= 11 is 0. The molecular formula is C20H24N2O5. The average molecular weight is 372 g/mol. The number of anilines is 1. The number of ether oxygens (including phenoxy) is 3. The number of fused-ring (bicyclic) bond motifs is 1. The summed E-state index contributed by atoms with van der Waals surface area (Å²) in [4.78, 5) is 29.5. The summed E-state index contributed by atoms with van der Waals surface area (Å²) in [6.07, 6.45) is 0.